The zero-order chi connectivity index (χ0) is 16.5. The van der Waals surface area contributed by atoms with Crippen LogP contribution in [0.3, 0.4) is 0 Å². The minimum absolute atomic E-state index is 0.798. The molecule has 0 amide bonds. The van der Waals surface area contributed by atoms with Crippen LogP contribution >= 0.6 is 11.6 Å². The van der Waals surface area contributed by atoms with Gasteiger partial charge in [0.2, 0.25) is 0 Å². The molecule has 0 spiro atoms. The van der Waals surface area contributed by atoms with Gasteiger partial charge in [0.05, 0.1) is 43.5 Å². The van der Waals surface area contributed by atoms with Crippen molar-refractivity contribution in [3.63, 3.8) is 0 Å². The first-order chi connectivity index (χ1) is 11.7. The third kappa shape index (κ3) is 2.99. The molecular formula is C19H22ClN4+. The van der Waals surface area contributed by atoms with E-state index in [2.05, 4.69) is 41.2 Å². The van der Waals surface area contributed by atoms with Crippen LogP contribution < -0.4 is 9.80 Å². The smallest absolute Gasteiger partial charge is 0.107 e. The van der Waals surface area contributed by atoms with Gasteiger partial charge < -0.3 is 9.80 Å². The third-order valence-corrected chi connectivity index (χ3v) is 5.17. The zero-order valence-corrected chi connectivity index (χ0v) is 14.6. The van der Waals surface area contributed by atoms with Crippen LogP contribution in [-0.4, -0.2) is 35.8 Å². The number of halogens is 1. The highest BCUT2D eigenvalue weighted by molar-refractivity contribution is 6.30. The predicted octanol–water partition coefficient (Wildman–Crippen LogP) is 2.20. The number of aromatic nitrogens is 2. The molecule has 0 unspecified atom stereocenters. The van der Waals surface area contributed by atoms with Crippen LogP contribution in [0.5, 0.6) is 0 Å². The number of pyridine rings is 1. The molecule has 4 rings (SSSR count). The number of hydrogen-bond donors (Lipinski definition) is 1. The Morgan fingerprint density at radius 3 is 2.62 bits per heavy atom. The third-order valence-electron chi connectivity index (χ3n) is 4.92. The lowest BCUT2D eigenvalue weighted by Gasteiger charge is -2.33. The van der Waals surface area contributed by atoms with Gasteiger partial charge in [-0.1, -0.05) is 17.7 Å². The van der Waals surface area contributed by atoms with Gasteiger partial charge >= 0.3 is 0 Å². The summed E-state index contributed by atoms with van der Waals surface area (Å²) in [5.74, 6) is 0. The highest BCUT2D eigenvalue weighted by Crippen LogP contribution is 2.18. The predicted molar refractivity (Wildman–Crippen MR) is 98.0 cm³/mol. The number of benzene rings is 1. The highest BCUT2D eigenvalue weighted by Gasteiger charge is 2.21. The molecule has 1 aliphatic rings. The van der Waals surface area contributed by atoms with Gasteiger partial charge in [-0.25, -0.2) is 4.52 Å². The molecule has 1 fully saturated rings. The fraction of sp³-hybridized carbons (Fsp3) is 0.316. The van der Waals surface area contributed by atoms with Gasteiger partial charge in [0.1, 0.15) is 6.54 Å². The summed E-state index contributed by atoms with van der Waals surface area (Å²) < 4.78 is 1.99. The number of quaternary nitrogens is 1. The van der Waals surface area contributed by atoms with Crippen molar-refractivity contribution in [3.05, 3.63) is 64.9 Å². The average molecular weight is 342 g/mol. The first kappa shape index (κ1) is 15.5. The summed E-state index contributed by atoms with van der Waals surface area (Å²) in [6.45, 7) is 7.65. The summed E-state index contributed by atoms with van der Waals surface area (Å²) in [4.78, 5) is 4.07. The Bertz CT molecular complexity index is 832. The molecule has 4 nitrogen and oxygen atoms in total. The van der Waals surface area contributed by atoms with E-state index in [0.29, 0.717) is 0 Å². The van der Waals surface area contributed by atoms with E-state index in [-0.39, 0.29) is 0 Å². The number of rotatable bonds is 3. The molecule has 1 saturated heterocycles. The summed E-state index contributed by atoms with van der Waals surface area (Å²) >= 11 is 5.98. The van der Waals surface area contributed by atoms with E-state index in [1.54, 1.807) is 4.90 Å². The Kier molecular flexibility index (Phi) is 4.17. The van der Waals surface area contributed by atoms with Crippen molar-refractivity contribution >= 4 is 22.8 Å². The van der Waals surface area contributed by atoms with Crippen LogP contribution in [0.1, 0.15) is 11.1 Å². The van der Waals surface area contributed by atoms with Gasteiger partial charge in [0.25, 0.3) is 0 Å². The van der Waals surface area contributed by atoms with Gasteiger partial charge in [-0.2, -0.15) is 5.10 Å². The maximum atomic E-state index is 5.98. The molecule has 2 aromatic heterocycles. The zero-order valence-electron chi connectivity index (χ0n) is 13.9. The van der Waals surface area contributed by atoms with Crippen LogP contribution in [0.4, 0.5) is 5.69 Å². The molecule has 0 bridgehead atoms. The molecule has 1 aliphatic heterocycles. The van der Waals surface area contributed by atoms with Crippen LogP contribution in [0.15, 0.2) is 48.8 Å². The van der Waals surface area contributed by atoms with Crippen molar-refractivity contribution < 1.29 is 4.90 Å². The summed E-state index contributed by atoms with van der Waals surface area (Å²) in [5.41, 5.74) is 5.18. The Morgan fingerprint density at radius 1 is 1.12 bits per heavy atom. The van der Waals surface area contributed by atoms with Crippen LogP contribution in [0.2, 0.25) is 5.02 Å². The molecule has 0 atom stereocenters. The number of nitrogens with zero attached hydrogens (tertiary/aromatic N) is 3. The number of aryl methyl sites for hydroxylation is 1. The lowest BCUT2D eigenvalue weighted by Crippen LogP contribution is -3.13. The molecule has 3 aromatic rings. The van der Waals surface area contributed by atoms with Crippen LogP contribution in [-0.2, 0) is 6.54 Å². The second-order valence-corrected chi connectivity index (χ2v) is 6.98. The molecule has 0 saturated carbocycles. The van der Waals surface area contributed by atoms with E-state index >= 15 is 0 Å². The van der Waals surface area contributed by atoms with Crippen molar-refractivity contribution in [3.8, 4) is 0 Å². The summed E-state index contributed by atoms with van der Waals surface area (Å²) in [7, 11) is 0. The Hall–Kier alpha value is -2.04. The molecular weight excluding hydrogens is 320 g/mol. The minimum atomic E-state index is 0.798. The lowest BCUT2D eigenvalue weighted by molar-refractivity contribution is -0.914. The van der Waals surface area contributed by atoms with E-state index in [0.717, 1.165) is 37.7 Å². The van der Waals surface area contributed by atoms with Gasteiger partial charge in [-0.3, -0.25) is 0 Å². The standard InChI is InChI=1S/C19H21ClN4/c1-15-3-2-8-24-19(15)16(13-21-24)14-22-9-11-23(12-10-22)18-6-4-17(20)5-7-18/h2-8,13H,9-12,14H2,1H3/p+1. The maximum Gasteiger partial charge on any atom is 0.107 e. The largest absolute Gasteiger partial charge is 0.360 e. The Labute approximate surface area is 147 Å². The Morgan fingerprint density at radius 2 is 1.88 bits per heavy atom. The first-order valence-corrected chi connectivity index (χ1v) is 8.84. The van der Waals surface area contributed by atoms with E-state index < -0.39 is 0 Å². The fourth-order valence-corrected chi connectivity index (χ4v) is 3.73. The fourth-order valence-electron chi connectivity index (χ4n) is 3.60. The number of nitrogens with one attached hydrogen (secondary N) is 1. The Balaban J connectivity index is 1.43. The first-order valence-electron chi connectivity index (χ1n) is 8.46. The van der Waals surface area contributed by atoms with E-state index in [4.69, 9.17) is 11.6 Å². The average Bonchev–Trinajstić information content (AvgIpc) is 3.01. The van der Waals surface area contributed by atoms with Crippen LogP contribution in [0, 0.1) is 6.92 Å². The monoisotopic (exact) mass is 341 g/mol. The second kappa shape index (κ2) is 6.46. The summed E-state index contributed by atoms with van der Waals surface area (Å²) in [5, 5.41) is 5.29. The minimum Gasteiger partial charge on any atom is -0.360 e. The van der Waals surface area contributed by atoms with Crippen molar-refractivity contribution in [2.75, 3.05) is 31.1 Å². The van der Waals surface area contributed by atoms with Gasteiger partial charge in [0.15, 0.2) is 0 Å². The van der Waals surface area contributed by atoms with Crippen molar-refractivity contribution in [2.45, 2.75) is 13.5 Å². The number of piperazine rings is 1. The molecule has 1 aromatic carbocycles. The topological polar surface area (TPSA) is 25.0 Å². The van der Waals surface area contributed by atoms with Gasteiger partial charge in [0, 0.05) is 16.9 Å². The van der Waals surface area contributed by atoms with Crippen molar-refractivity contribution in [1.29, 1.82) is 0 Å². The SMILES string of the molecule is Cc1cccn2ncc(C[NH+]3CCN(c4ccc(Cl)cc4)CC3)c12. The molecule has 5 heteroatoms. The quantitative estimate of drug-likeness (QED) is 0.790. The molecule has 3 heterocycles. The van der Waals surface area contributed by atoms with Gasteiger partial charge in [-0.05, 0) is 42.8 Å². The van der Waals surface area contributed by atoms with E-state index in [1.165, 1.54) is 22.3 Å². The van der Waals surface area contributed by atoms with Crippen molar-refractivity contribution in [1.82, 2.24) is 9.61 Å². The molecule has 124 valence electrons. The van der Waals surface area contributed by atoms with Crippen LogP contribution in [0.25, 0.3) is 5.52 Å². The van der Waals surface area contributed by atoms with E-state index in [9.17, 15) is 0 Å². The van der Waals surface area contributed by atoms with Crippen molar-refractivity contribution in [2.24, 2.45) is 0 Å². The number of anilines is 1. The number of fused-ring (bicyclic) bond motifs is 1. The summed E-state index contributed by atoms with van der Waals surface area (Å²) in [6.07, 6.45) is 4.06. The summed E-state index contributed by atoms with van der Waals surface area (Å²) in [6, 6.07) is 12.4. The highest BCUT2D eigenvalue weighted by atomic mass is 35.5. The molecule has 1 N–H and O–H groups in total. The van der Waals surface area contributed by atoms with E-state index in [1.807, 2.05) is 29.0 Å². The molecule has 0 aliphatic carbocycles. The lowest BCUT2D eigenvalue weighted by atomic mass is 10.1. The number of hydrogen-bond acceptors (Lipinski definition) is 2. The second-order valence-electron chi connectivity index (χ2n) is 6.54. The molecule has 0 radical (unpaired) electrons. The normalized spacial score (nSPS) is 16.0. The van der Waals surface area contributed by atoms with Gasteiger partial charge in [-0.15, -0.1) is 0 Å². The molecule has 24 heavy (non-hydrogen) atoms. The maximum absolute atomic E-state index is 5.98.